The average molecular weight is 391 g/mol. The van der Waals surface area contributed by atoms with E-state index in [1.807, 2.05) is 36.4 Å². The minimum atomic E-state index is -0.298. The van der Waals surface area contributed by atoms with Crippen molar-refractivity contribution in [1.82, 2.24) is 10.6 Å². The first kappa shape index (κ1) is 19.2. The number of piperidine rings is 1. The topological polar surface area (TPSA) is 83.4 Å². The van der Waals surface area contributed by atoms with Crippen LogP contribution in [-0.4, -0.2) is 31.4 Å². The summed E-state index contributed by atoms with van der Waals surface area (Å²) in [5.74, 6) is 0.512. The van der Waals surface area contributed by atoms with Crippen LogP contribution in [-0.2, 0) is 11.2 Å². The molecule has 6 heteroatoms. The van der Waals surface area contributed by atoms with Gasteiger partial charge >= 0.3 is 0 Å². The molecular weight excluding hydrogens is 366 g/mol. The van der Waals surface area contributed by atoms with Gasteiger partial charge in [-0.3, -0.25) is 9.59 Å². The number of fused-ring (bicyclic) bond motifs is 1. The summed E-state index contributed by atoms with van der Waals surface area (Å²) in [6, 6.07) is 16.5. The maximum atomic E-state index is 12.4. The summed E-state index contributed by atoms with van der Waals surface area (Å²) in [7, 11) is 0. The third-order valence-corrected chi connectivity index (χ3v) is 5.21. The lowest BCUT2D eigenvalue weighted by Gasteiger charge is -2.22. The number of nitrogens with one attached hydrogen (secondary N) is 3. The first-order valence-electron chi connectivity index (χ1n) is 10.0. The van der Waals surface area contributed by atoms with E-state index in [-0.39, 0.29) is 17.6 Å². The van der Waals surface area contributed by atoms with Crippen molar-refractivity contribution in [2.45, 2.75) is 19.3 Å². The van der Waals surface area contributed by atoms with Crippen molar-refractivity contribution in [3.05, 3.63) is 65.9 Å². The highest BCUT2D eigenvalue weighted by Crippen LogP contribution is 2.20. The molecule has 1 unspecified atom stereocenters. The lowest BCUT2D eigenvalue weighted by Crippen LogP contribution is -2.38. The van der Waals surface area contributed by atoms with Crippen LogP contribution in [0.2, 0.25) is 0 Å². The van der Waals surface area contributed by atoms with Crippen LogP contribution in [0.3, 0.4) is 0 Å². The van der Waals surface area contributed by atoms with Gasteiger partial charge < -0.3 is 20.4 Å². The van der Waals surface area contributed by atoms with Gasteiger partial charge in [0, 0.05) is 17.6 Å². The summed E-state index contributed by atoms with van der Waals surface area (Å²) >= 11 is 0. The van der Waals surface area contributed by atoms with Crippen LogP contribution in [0.1, 0.15) is 29.0 Å². The van der Waals surface area contributed by atoms with Gasteiger partial charge in [0.25, 0.3) is 5.91 Å². The van der Waals surface area contributed by atoms with Gasteiger partial charge in [0.05, 0.1) is 6.42 Å². The predicted molar refractivity (Wildman–Crippen MR) is 113 cm³/mol. The summed E-state index contributed by atoms with van der Waals surface area (Å²) in [6.45, 7) is 2.76. The summed E-state index contributed by atoms with van der Waals surface area (Å²) in [5, 5.41) is 10.1. The number of benzene rings is 2. The molecule has 1 atom stereocenters. The highest BCUT2D eigenvalue weighted by atomic mass is 16.3. The molecule has 1 saturated heterocycles. The number of rotatable bonds is 6. The number of carbonyl (C=O) groups excluding carboxylic acids is 2. The predicted octanol–water partition coefficient (Wildman–Crippen LogP) is 3.34. The lowest BCUT2D eigenvalue weighted by molar-refractivity contribution is -0.120. The molecule has 0 radical (unpaired) electrons. The van der Waals surface area contributed by atoms with Crippen molar-refractivity contribution < 1.29 is 14.0 Å². The Morgan fingerprint density at radius 3 is 2.69 bits per heavy atom. The first-order chi connectivity index (χ1) is 14.2. The van der Waals surface area contributed by atoms with E-state index >= 15 is 0 Å². The van der Waals surface area contributed by atoms with E-state index in [9.17, 15) is 9.59 Å². The van der Waals surface area contributed by atoms with Gasteiger partial charge in [-0.25, -0.2) is 0 Å². The number of amides is 2. The molecule has 4 rings (SSSR count). The molecule has 2 amide bonds. The molecule has 0 bridgehead atoms. The molecule has 2 heterocycles. The van der Waals surface area contributed by atoms with Gasteiger partial charge in [0.1, 0.15) is 5.58 Å². The lowest BCUT2D eigenvalue weighted by atomic mass is 9.99. The molecular formula is C23H25N3O3. The number of hydrogen-bond donors (Lipinski definition) is 3. The Bertz CT molecular complexity index is 955. The fraction of sp³-hybridized carbons (Fsp3) is 0.304. The second kappa shape index (κ2) is 8.92. The van der Waals surface area contributed by atoms with E-state index in [4.69, 9.17) is 4.42 Å². The number of anilines is 1. The summed E-state index contributed by atoms with van der Waals surface area (Å²) in [5.41, 5.74) is 2.25. The fourth-order valence-electron chi connectivity index (χ4n) is 3.60. The SMILES string of the molecule is O=C(Cc1ccc(NC(=O)c2cc3ccccc3o2)cc1)NCC1CCCNC1. The molecule has 3 N–H and O–H groups in total. The molecule has 1 aliphatic rings. The van der Waals surface area contributed by atoms with E-state index in [1.165, 1.54) is 6.42 Å². The monoisotopic (exact) mass is 391 g/mol. The zero-order valence-corrected chi connectivity index (χ0v) is 16.2. The Morgan fingerprint density at radius 1 is 1.10 bits per heavy atom. The third-order valence-electron chi connectivity index (χ3n) is 5.21. The largest absolute Gasteiger partial charge is 0.451 e. The Hall–Kier alpha value is -3.12. The zero-order chi connectivity index (χ0) is 20.1. The van der Waals surface area contributed by atoms with Gasteiger partial charge in [-0.1, -0.05) is 30.3 Å². The van der Waals surface area contributed by atoms with Crippen LogP contribution < -0.4 is 16.0 Å². The number of carbonyl (C=O) groups is 2. The van der Waals surface area contributed by atoms with Gasteiger partial charge in [0.2, 0.25) is 5.91 Å². The number of furan rings is 1. The Kier molecular flexibility index (Phi) is 5.91. The quantitative estimate of drug-likeness (QED) is 0.602. The molecule has 1 aromatic heterocycles. The van der Waals surface area contributed by atoms with Crippen LogP contribution in [0.25, 0.3) is 11.0 Å². The van der Waals surface area contributed by atoms with E-state index in [0.717, 1.165) is 37.0 Å². The summed E-state index contributed by atoms with van der Waals surface area (Å²) in [6.07, 6.45) is 2.66. The Morgan fingerprint density at radius 2 is 1.93 bits per heavy atom. The standard InChI is InChI=1S/C23H25N3O3/c27-22(25-15-17-4-3-11-24-14-17)12-16-7-9-19(10-8-16)26-23(28)21-13-18-5-1-2-6-20(18)29-21/h1-2,5-10,13,17,24H,3-4,11-12,14-15H2,(H,25,27)(H,26,28). The summed E-state index contributed by atoms with van der Waals surface area (Å²) < 4.78 is 5.59. The van der Waals surface area contributed by atoms with Crippen LogP contribution in [0, 0.1) is 5.92 Å². The number of para-hydroxylation sites is 1. The normalized spacial score (nSPS) is 16.5. The van der Waals surface area contributed by atoms with Crippen molar-refractivity contribution in [2.24, 2.45) is 5.92 Å². The molecule has 3 aromatic rings. The second-order valence-corrected chi connectivity index (χ2v) is 7.49. The van der Waals surface area contributed by atoms with E-state index in [0.29, 0.717) is 23.6 Å². The van der Waals surface area contributed by atoms with Crippen molar-refractivity contribution in [3.63, 3.8) is 0 Å². The second-order valence-electron chi connectivity index (χ2n) is 7.49. The first-order valence-corrected chi connectivity index (χ1v) is 10.0. The van der Waals surface area contributed by atoms with E-state index in [2.05, 4.69) is 16.0 Å². The van der Waals surface area contributed by atoms with Crippen LogP contribution >= 0.6 is 0 Å². The molecule has 1 fully saturated rings. The van der Waals surface area contributed by atoms with Crippen molar-refractivity contribution >= 4 is 28.5 Å². The maximum absolute atomic E-state index is 12.4. The van der Waals surface area contributed by atoms with Crippen LogP contribution in [0.15, 0.2) is 59.0 Å². The van der Waals surface area contributed by atoms with Crippen molar-refractivity contribution in [1.29, 1.82) is 0 Å². The van der Waals surface area contributed by atoms with Crippen molar-refractivity contribution in [3.8, 4) is 0 Å². The van der Waals surface area contributed by atoms with E-state index in [1.54, 1.807) is 18.2 Å². The van der Waals surface area contributed by atoms with Gasteiger partial charge in [-0.15, -0.1) is 0 Å². The average Bonchev–Trinajstić information content (AvgIpc) is 3.19. The minimum absolute atomic E-state index is 0.0228. The van der Waals surface area contributed by atoms with E-state index < -0.39 is 0 Å². The highest BCUT2D eigenvalue weighted by Gasteiger charge is 2.15. The minimum Gasteiger partial charge on any atom is -0.451 e. The highest BCUT2D eigenvalue weighted by molar-refractivity contribution is 6.04. The van der Waals surface area contributed by atoms with Crippen molar-refractivity contribution in [2.75, 3.05) is 25.0 Å². The molecule has 0 aliphatic carbocycles. The van der Waals surface area contributed by atoms with Crippen LogP contribution in [0.5, 0.6) is 0 Å². The zero-order valence-electron chi connectivity index (χ0n) is 16.2. The number of hydrogen-bond acceptors (Lipinski definition) is 4. The fourth-order valence-corrected chi connectivity index (χ4v) is 3.60. The molecule has 2 aromatic carbocycles. The summed E-state index contributed by atoms with van der Waals surface area (Å²) in [4.78, 5) is 24.6. The third kappa shape index (κ3) is 5.03. The molecule has 6 nitrogen and oxygen atoms in total. The molecule has 0 saturated carbocycles. The molecule has 150 valence electrons. The maximum Gasteiger partial charge on any atom is 0.291 e. The van der Waals surface area contributed by atoms with Gasteiger partial charge in [-0.2, -0.15) is 0 Å². The molecule has 0 spiro atoms. The Labute approximate surface area is 169 Å². The van der Waals surface area contributed by atoms with Gasteiger partial charge in [-0.05, 0) is 61.7 Å². The smallest absolute Gasteiger partial charge is 0.291 e. The van der Waals surface area contributed by atoms with Crippen LogP contribution in [0.4, 0.5) is 5.69 Å². The molecule has 29 heavy (non-hydrogen) atoms. The molecule has 1 aliphatic heterocycles. The van der Waals surface area contributed by atoms with Gasteiger partial charge in [0.15, 0.2) is 5.76 Å². The Balaban J connectivity index is 1.29.